The van der Waals surface area contributed by atoms with Crippen LogP contribution in [-0.2, 0) is 16.6 Å². The number of hydrogen-bond acceptors (Lipinski definition) is 3. The Balaban J connectivity index is 2.38. The number of hydrogen-bond donors (Lipinski definition) is 2. The Bertz CT molecular complexity index is 779. The van der Waals surface area contributed by atoms with Gasteiger partial charge in [-0.3, -0.25) is 4.72 Å². The third kappa shape index (κ3) is 3.53. The smallest absolute Gasteiger partial charge is 0.263 e. The fourth-order valence-corrected chi connectivity index (χ4v) is 3.43. The molecule has 0 amide bonds. The molecular weight excluding hydrogens is 315 g/mol. The summed E-state index contributed by atoms with van der Waals surface area (Å²) < 4.78 is 40.5. The molecular formula is C14H14ClFN2O2S. The van der Waals surface area contributed by atoms with Crippen LogP contribution in [0.25, 0.3) is 0 Å². The molecule has 0 aliphatic carbocycles. The van der Waals surface area contributed by atoms with E-state index in [1.165, 1.54) is 24.3 Å². The van der Waals surface area contributed by atoms with Gasteiger partial charge in [0.05, 0.1) is 10.7 Å². The van der Waals surface area contributed by atoms with Crippen LogP contribution >= 0.6 is 11.6 Å². The van der Waals surface area contributed by atoms with E-state index in [0.717, 1.165) is 0 Å². The number of anilines is 1. The Hall–Kier alpha value is -1.63. The van der Waals surface area contributed by atoms with E-state index in [0.29, 0.717) is 11.1 Å². The van der Waals surface area contributed by atoms with Crippen LogP contribution in [0.3, 0.4) is 0 Å². The summed E-state index contributed by atoms with van der Waals surface area (Å²) in [6.07, 6.45) is 0. The Morgan fingerprint density at radius 1 is 1.24 bits per heavy atom. The van der Waals surface area contributed by atoms with Crippen LogP contribution < -0.4 is 10.5 Å². The van der Waals surface area contributed by atoms with Gasteiger partial charge in [-0.1, -0.05) is 23.7 Å². The largest absolute Gasteiger partial charge is 0.326 e. The molecule has 2 rings (SSSR count). The monoisotopic (exact) mass is 328 g/mol. The second kappa shape index (κ2) is 6.01. The summed E-state index contributed by atoms with van der Waals surface area (Å²) in [7, 11) is -3.97. The molecule has 0 aromatic heterocycles. The van der Waals surface area contributed by atoms with Crippen molar-refractivity contribution < 1.29 is 12.8 Å². The number of nitrogens with one attached hydrogen (secondary N) is 1. The first-order valence-corrected chi connectivity index (χ1v) is 7.97. The van der Waals surface area contributed by atoms with Crippen molar-refractivity contribution in [2.75, 3.05) is 4.72 Å². The van der Waals surface area contributed by atoms with Crippen LogP contribution in [0.15, 0.2) is 41.3 Å². The second-order valence-electron chi connectivity index (χ2n) is 4.56. The van der Waals surface area contributed by atoms with Crippen molar-refractivity contribution in [2.45, 2.75) is 18.4 Å². The zero-order valence-corrected chi connectivity index (χ0v) is 12.8. The van der Waals surface area contributed by atoms with E-state index < -0.39 is 15.8 Å². The summed E-state index contributed by atoms with van der Waals surface area (Å²) in [4.78, 5) is -0.124. The predicted molar refractivity (Wildman–Crippen MR) is 81.3 cm³/mol. The van der Waals surface area contributed by atoms with Crippen LogP contribution in [0.2, 0.25) is 5.02 Å². The van der Waals surface area contributed by atoms with Crippen LogP contribution in [0.4, 0.5) is 10.1 Å². The average molecular weight is 329 g/mol. The minimum Gasteiger partial charge on any atom is -0.326 e. The molecule has 0 fully saturated rings. The van der Waals surface area contributed by atoms with Crippen molar-refractivity contribution in [1.29, 1.82) is 0 Å². The van der Waals surface area contributed by atoms with E-state index in [2.05, 4.69) is 4.72 Å². The molecule has 0 aliphatic rings. The number of benzene rings is 2. The molecule has 0 radical (unpaired) electrons. The van der Waals surface area contributed by atoms with Crippen molar-refractivity contribution >= 4 is 27.3 Å². The fourth-order valence-electron chi connectivity index (χ4n) is 1.79. The highest BCUT2D eigenvalue weighted by molar-refractivity contribution is 7.92. The summed E-state index contributed by atoms with van der Waals surface area (Å²) in [5.74, 6) is -0.645. The SMILES string of the molecule is Cc1ccc(NS(=O)(=O)c2ccc(CN)cc2Cl)c(F)c1. The molecule has 112 valence electrons. The molecule has 0 unspecified atom stereocenters. The topological polar surface area (TPSA) is 72.2 Å². The van der Waals surface area contributed by atoms with Gasteiger partial charge in [-0.05, 0) is 42.3 Å². The minimum absolute atomic E-state index is 0.0398. The highest BCUT2D eigenvalue weighted by Gasteiger charge is 2.19. The molecule has 2 aromatic carbocycles. The first kappa shape index (κ1) is 15.8. The van der Waals surface area contributed by atoms with Crippen LogP contribution in [0, 0.1) is 12.7 Å². The van der Waals surface area contributed by atoms with Gasteiger partial charge in [0.15, 0.2) is 0 Å². The lowest BCUT2D eigenvalue weighted by molar-refractivity contribution is 0.598. The summed E-state index contributed by atoms with van der Waals surface area (Å²) in [6.45, 7) is 1.96. The first-order valence-electron chi connectivity index (χ1n) is 6.11. The Labute approximate surface area is 127 Å². The second-order valence-corrected chi connectivity index (χ2v) is 6.62. The van der Waals surface area contributed by atoms with Crippen molar-refractivity contribution in [3.05, 3.63) is 58.4 Å². The van der Waals surface area contributed by atoms with E-state index in [1.54, 1.807) is 19.1 Å². The maximum absolute atomic E-state index is 13.7. The molecule has 7 heteroatoms. The molecule has 21 heavy (non-hydrogen) atoms. The quantitative estimate of drug-likeness (QED) is 0.906. The molecule has 4 nitrogen and oxygen atoms in total. The molecule has 3 N–H and O–H groups in total. The maximum atomic E-state index is 13.7. The maximum Gasteiger partial charge on any atom is 0.263 e. The molecule has 0 heterocycles. The van der Waals surface area contributed by atoms with Gasteiger partial charge in [0.25, 0.3) is 10.0 Å². The van der Waals surface area contributed by atoms with Gasteiger partial charge in [0.2, 0.25) is 0 Å². The Kier molecular flexibility index (Phi) is 4.51. The number of halogens is 2. The zero-order valence-electron chi connectivity index (χ0n) is 11.2. The number of nitrogens with two attached hydrogens (primary N) is 1. The van der Waals surface area contributed by atoms with E-state index in [-0.39, 0.29) is 22.2 Å². The Morgan fingerprint density at radius 3 is 2.52 bits per heavy atom. The van der Waals surface area contributed by atoms with Crippen molar-refractivity contribution in [2.24, 2.45) is 5.73 Å². The lowest BCUT2D eigenvalue weighted by Crippen LogP contribution is -2.15. The van der Waals surface area contributed by atoms with Crippen molar-refractivity contribution in [3.63, 3.8) is 0 Å². The van der Waals surface area contributed by atoms with Gasteiger partial charge in [0.1, 0.15) is 10.7 Å². The minimum atomic E-state index is -3.97. The fraction of sp³-hybridized carbons (Fsp3) is 0.143. The number of rotatable bonds is 4. The molecule has 0 aliphatic heterocycles. The standard InChI is InChI=1S/C14H14ClFN2O2S/c1-9-2-4-13(12(16)6-9)18-21(19,20)14-5-3-10(8-17)7-11(14)15/h2-7,18H,8,17H2,1H3. The van der Waals surface area contributed by atoms with E-state index >= 15 is 0 Å². The molecule has 0 spiro atoms. The number of sulfonamides is 1. The van der Waals surface area contributed by atoms with Crippen LogP contribution in [0.1, 0.15) is 11.1 Å². The van der Waals surface area contributed by atoms with Gasteiger partial charge in [0, 0.05) is 6.54 Å². The molecule has 0 saturated carbocycles. The van der Waals surface area contributed by atoms with Gasteiger partial charge in [-0.25, -0.2) is 12.8 Å². The normalized spacial score (nSPS) is 11.4. The molecule has 2 aromatic rings. The van der Waals surface area contributed by atoms with Gasteiger partial charge in [-0.15, -0.1) is 0 Å². The predicted octanol–water partition coefficient (Wildman–Crippen LogP) is 3.05. The van der Waals surface area contributed by atoms with E-state index in [9.17, 15) is 12.8 Å². The summed E-state index contributed by atoms with van der Waals surface area (Å²) in [5, 5.41) is 0.0398. The summed E-state index contributed by atoms with van der Waals surface area (Å²) in [5.41, 5.74) is 6.74. The Morgan fingerprint density at radius 2 is 1.95 bits per heavy atom. The molecule has 0 saturated heterocycles. The third-order valence-corrected chi connectivity index (χ3v) is 4.74. The summed E-state index contributed by atoms with van der Waals surface area (Å²) in [6, 6.07) is 8.61. The first-order chi connectivity index (χ1) is 9.83. The zero-order chi connectivity index (χ0) is 15.6. The van der Waals surface area contributed by atoms with Crippen LogP contribution in [-0.4, -0.2) is 8.42 Å². The van der Waals surface area contributed by atoms with Gasteiger partial charge >= 0.3 is 0 Å². The third-order valence-electron chi connectivity index (χ3n) is 2.89. The molecule has 0 bridgehead atoms. The lowest BCUT2D eigenvalue weighted by atomic mass is 10.2. The van der Waals surface area contributed by atoms with Crippen molar-refractivity contribution in [1.82, 2.24) is 0 Å². The highest BCUT2D eigenvalue weighted by atomic mass is 35.5. The summed E-state index contributed by atoms with van der Waals surface area (Å²) >= 11 is 5.96. The van der Waals surface area contributed by atoms with Crippen molar-refractivity contribution in [3.8, 4) is 0 Å². The highest BCUT2D eigenvalue weighted by Crippen LogP contribution is 2.26. The average Bonchev–Trinajstić information content (AvgIpc) is 2.41. The van der Waals surface area contributed by atoms with Gasteiger partial charge in [-0.2, -0.15) is 0 Å². The lowest BCUT2D eigenvalue weighted by Gasteiger charge is -2.11. The van der Waals surface area contributed by atoms with E-state index in [1.807, 2.05) is 0 Å². The van der Waals surface area contributed by atoms with E-state index in [4.69, 9.17) is 17.3 Å². The van der Waals surface area contributed by atoms with Gasteiger partial charge < -0.3 is 5.73 Å². The van der Waals surface area contributed by atoms with Crippen LogP contribution in [0.5, 0.6) is 0 Å². The molecule has 0 atom stereocenters. The number of aryl methyl sites for hydroxylation is 1.